The molecule has 39 heavy (non-hydrogen) atoms. The van der Waals surface area contributed by atoms with Crippen LogP contribution in [0.1, 0.15) is 29.5 Å². The van der Waals surface area contributed by atoms with Gasteiger partial charge in [0.2, 0.25) is 10.0 Å². The van der Waals surface area contributed by atoms with E-state index in [0.717, 1.165) is 29.5 Å². The van der Waals surface area contributed by atoms with Crippen LogP contribution in [0.5, 0.6) is 5.75 Å². The molecule has 2 N–H and O–H groups in total. The summed E-state index contributed by atoms with van der Waals surface area (Å²) < 4.78 is 60.2. The quantitative estimate of drug-likeness (QED) is 0.363. The number of nitrogens with one attached hydrogen (secondary N) is 2. The third-order valence-electron chi connectivity index (χ3n) is 6.63. The van der Waals surface area contributed by atoms with Crippen molar-refractivity contribution in [1.82, 2.24) is 9.62 Å². The SMILES string of the molecule is Cc1ccc(NS(=O)(=O)c2ccc(OCC(=O)NCCc3ccc(S(=O)(=O)N4CCCC4)cc3)cc2)cc1C. The smallest absolute Gasteiger partial charge is 0.261 e. The van der Waals surface area contributed by atoms with Crippen LogP contribution >= 0.6 is 0 Å². The molecule has 1 heterocycles. The van der Waals surface area contributed by atoms with E-state index in [4.69, 9.17) is 4.74 Å². The number of hydrogen-bond acceptors (Lipinski definition) is 6. The summed E-state index contributed by atoms with van der Waals surface area (Å²) in [6, 6.07) is 17.9. The number of benzene rings is 3. The van der Waals surface area contributed by atoms with E-state index in [9.17, 15) is 21.6 Å². The van der Waals surface area contributed by atoms with Crippen LogP contribution in [-0.2, 0) is 31.3 Å². The van der Waals surface area contributed by atoms with Crippen LogP contribution in [0.4, 0.5) is 5.69 Å². The first-order valence-electron chi connectivity index (χ1n) is 12.7. The normalized spacial score (nSPS) is 14.2. The van der Waals surface area contributed by atoms with E-state index in [1.54, 1.807) is 36.4 Å². The topological polar surface area (TPSA) is 122 Å². The molecule has 1 fully saturated rings. The van der Waals surface area contributed by atoms with Gasteiger partial charge < -0.3 is 10.1 Å². The van der Waals surface area contributed by atoms with Crippen LogP contribution in [0, 0.1) is 13.8 Å². The van der Waals surface area contributed by atoms with Gasteiger partial charge in [-0.05, 0) is 98.3 Å². The number of rotatable bonds is 11. The molecule has 0 spiro atoms. The first kappa shape index (κ1) is 28.6. The Kier molecular flexibility index (Phi) is 8.94. The molecule has 11 heteroatoms. The van der Waals surface area contributed by atoms with Crippen LogP contribution < -0.4 is 14.8 Å². The second-order valence-corrected chi connectivity index (χ2v) is 13.1. The van der Waals surface area contributed by atoms with E-state index in [-0.39, 0.29) is 22.3 Å². The molecule has 1 amide bonds. The summed E-state index contributed by atoms with van der Waals surface area (Å²) in [4.78, 5) is 12.6. The van der Waals surface area contributed by atoms with E-state index in [0.29, 0.717) is 37.5 Å². The van der Waals surface area contributed by atoms with E-state index in [1.807, 2.05) is 19.9 Å². The summed E-state index contributed by atoms with van der Waals surface area (Å²) in [7, 11) is -7.21. The molecule has 3 aromatic rings. The number of carbonyl (C=O) groups is 1. The highest BCUT2D eigenvalue weighted by atomic mass is 32.2. The lowest BCUT2D eigenvalue weighted by atomic mass is 10.1. The molecule has 0 aliphatic carbocycles. The van der Waals surface area contributed by atoms with Crippen molar-refractivity contribution < 1.29 is 26.4 Å². The lowest BCUT2D eigenvalue weighted by Crippen LogP contribution is -2.30. The van der Waals surface area contributed by atoms with Crippen LogP contribution in [0.25, 0.3) is 0 Å². The van der Waals surface area contributed by atoms with Crippen molar-refractivity contribution in [2.45, 2.75) is 42.9 Å². The van der Waals surface area contributed by atoms with Crippen molar-refractivity contribution in [3.05, 3.63) is 83.4 Å². The van der Waals surface area contributed by atoms with Gasteiger partial charge in [0.05, 0.1) is 9.79 Å². The number of anilines is 1. The van der Waals surface area contributed by atoms with Gasteiger partial charge in [-0.25, -0.2) is 16.8 Å². The molecule has 208 valence electrons. The fraction of sp³-hybridized carbons (Fsp3) is 0.321. The minimum Gasteiger partial charge on any atom is -0.484 e. The van der Waals surface area contributed by atoms with E-state index < -0.39 is 20.0 Å². The van der Waals surface area contributed by atoms with Crippen molar-refractivity contribution >= 4 is 31.6 Å². The minimum absolute atomic E-state index is 0.0803. The highest BCUT2D eigenvalue weighted by Gasteiger charge is 2.26. The van der Waals surface area contributed by atoms with Crippen molar-refractivity contribution in [3.8, 4) is 5.75 Å². The average Bonchev–Trinajstić information content (AvgIpc) is 3.46. The van der Waals surface area contributed by atoms with Crippen molar-refractivity contribution in [2.75, 3.05) is 31.0 Å². The molecular weight excluding hydrogens is 538 g/mol. The summed E-state index contributed by atoms with van der Waals surface area (Å²) in [5.41, 5.74) is 3.45. The zero-order valence-electron chi connectivity index (χ0n) is 22.0. The van der Waals surface area contributed by atoms with Gasteiger partial charge in [-0.2, -0.15) is 4.31 Å². The Bertz CT molecular complexity index is 1510. The van der Waals surface area contributed by atoms with E-state index in [2.05, 4.69) is 10.0 Å². The van der Waals surface area contributed by atoms with Gasteiger partial charge in [-0.15, -0.1) is 0 Å². The summed E-state index contributed by atoms with van der Waals surface area (Å²) in [6.45, 7) is 5.13. The highest BCUT2D eigenvalue weighted by Crippen LogP contribution is 2.22. The zero-order valence-corrected chi connectivity index (χ0v) is 23.6. The maximum absolute atomic E-state index is 12.7. The van der Waals surface area contributed by atoms with Gasteiger partial charge in [0, 0.05) is 25.3 Å². The second-order valence-electron chi connectivity index (χ2n) is 9.52. The van der Waals surface area contributed by atoms with Gasteiger partial charge in [-0.1, -0.05) is 18.2 Å². The van der Waals surface area contributed by atoms with E-state index in [1.165, 1.54) is 28.6 Å². The van der Waals surface area contributed by atoms with E-state index >= 15 is 0 Å². The number of sulfonamides is 2. The fourth-order valence-corrected chi connectivity index (χ4v) is 6.75. The number of carbonyl (C=O) groups excluding carboxylic acids is 1. The third kappa shape index (κ3) is 7.37. The lowest BCUT2D eigenvalue weighted by Gasteiger charge is -2.15. The average molecular weight is 572 g/mol. The van der Waals surface area contributed by atoms with Crippen LogP contribution in [0.2, 0.25) is 0 Å². The molecule has 9 nitrogen and oxygen atoms in total. The molecule has 1 aliphatic rings. The maximum atomic E-state index is 12.7. The molecule has 1 aliphatic heterocycles. The van der Waals surface area contributed by atoms with Crippen molar-refractivity contribution in [3.63, 3.8) is 0 Å². The van der Waals surface area contributed by atoms with Crippen LogP contribution in [-0.4, -0.2) is 53.3 Å². The molecule has 1 saturated heterocycles. The Labute approximate surface area is 230 Å². The zero-order chi connectivity index (χ0) is 28.0. The predicted molar refractivity (Wildman–Crippen MR) is 150 cm³/mol. The maximum Gasteiger partial charge on any atom is 0.261 e. The lowest BCUT2D eigenvalue weighted by molar-refractivity contribution is -0.123. The Morgan fingerprint density at radius 3 is 2.13 bits per heavy atom. The standard InChI is InChI=1S/C28H33N3O6S2/c1-21-5-8-24(19-22(21)2)30-38(33,34)26-13-9-25(10-14-26)37-20-28(32)29-16-15-23-6-11-27(12-7-23)39(35,36)31-17-3-4-18-31/h5-14,19,30H,3-4,15-18,20H2,1-2H3,(H,29,32). The minimum atomic E-state index is -3.77. The summed E-state index contributed by atoms with van der Waals surface area (Å²) in [5.74, 6) is 0.0430. The molecule has 0 bridgehead atoms. The summed E-state index contributed by atoms with van der Waals surface area (Å²) in [5, 5.41) is 2.77. The Hall–Kier alpha value is -3.41. The Morgan fingerprint density at radius 2 is 1.49 bits per heavy atom. The number of nitrogens with zero attached hydrogens (tertiary/aromatic N) is 1. The van der Waals surface area contributed by atoms with Gasteiger partial charge in [-0.3, -0.25) is 9.52 Å². The number of aryl methyl sites for hydroxylation is 2. The number of ether oxygens (including phenoxy) is 1. The largest absolute Gasteiger partial charge is 0.484 e. The monoisotopic (exact) mass is 571 g/mol. The Morgan fingerprint density at radius 1 is 0.846 bits per heavy atom. The van der Waals surface area contributed by atoms with Crippen LogP contribution in [0.15, 0.2) is 76.5 Å². The predicted octanol–water partition coefficient (Wildman–Crippen LogP) is 3.63. The second kappa shape index (κ2) is 12.2. The fourth-order valence-electron chi connectivity index (χ4n) is 4.19. The number of hydrogen-bond donors (Lipinski definition) is 2. The molecule has 0 saturated carbocycles. The summed E-state index contributed by atoms with van der Waals surface area (Å²) in [6.07, 6.45) is 2.31. The molecule has 0 radical (unpaired) electrons. The molecular formula is C28H33N3O6S2. The Balaban J connectivity index is 1.22. The van der Waals surface area contributed by atoms with Gasteiger partial charge in [0.1, 0.15) is 5.75 Å². The molecule has 0 aromatic heterocycles. The highest BCUT2D eigenvalue weighted by molar-refractivity contribution is 7.92. The van der Waals surface area contributed by atoms with Crippen molar-refractivity contribution in [1.29, 1.82) is 0 Å². The number of amides is 1. The molecule has 4 rings (SSSR count). The first-order valence-corrected chi connectivity index (χ1v) is 15.7. The summed E-state index contributed by atoms with van der Waals surface area (Å²) >= 11 is 0. The third-order valence-corrected chi connectivity index (χ3v) is 9.94. The molecule has 3 aromatic carbocycles. The van der Waals surface area contributed by atoms with Gasteiger partial charge >= 0.3 is 0 Å². The van der Waals surface area contributed by atoms with Gasteiger partial charge in [0.25, 0.3) is 15.9 Å². The van der Waals surface area contributed by atoms with Gasteiger partial charge in [0.15, 0.2) is 6.61 Å². The van der Waals surface area contributed by atoms with Crippen molar-refractivity contribution in [2.24, 2.45) is 0 Å². The first-order chi connectivity index (χ1) is 18.5. The van der Waals surface area contributed by atoms with Crippen LogP contribution in [0.3, 0.4) is 0 Å². The molecule has 0 atom stereocenters. The molecule has 0 unspecified atom stereocenters.